The highest BCUT2D eigenvalue weighted by atomic mass is 19.3. The molecule has 1 aromatic rings. The number of rotatable bonds is 6. The summed E-state index contributed by atoms with van der Waals surface area (Å²) >= 11 is 0. The van der Waals surface area contributed by atoms with Crippen LogP contribution in [0.1, 0.15) is 28.4 Å². The van der Waals surface area contributed by atoms with E-state index in [1.54, 1.807) is 13.0 Å². The fraction of sp³-hybridized carbons (Fsp3) is 0.308. The number of nitrogens with zero attached hydrogens (tertiary/aromatic N) is 1. The van der Waals surface area contributed by atoms with Crippen molar-refractivity contribution in [2.24, 2.45) is 0 Å². The van der Waals surface area contributed by atoms with Crippen LogP contribution in [-0.4, -0.2) is 25.5 Å². The Morgan fingerprint density at radius 2 is 2.20 bits per heavy atom. The van der Waals surface area contributed by atoms with Crippen LogP contribution < -0.4 is 4.74 Å². The van der Waals surface area contributed by atoms with E-state index in [9.17, 15) is 18.4 Å². The third kappa shape index (κ3) is 3.75. The Kier molecular flexibility index (Phi) is 5.59. The number of esters is 1. The smallest absolute Gasteiger partial charge is 0.387 e. The lowest BCUT2D eigenvalue weighted by atomic mass is 9.98. The van der Waals surface area contributed by atoms with Crippen molar-refractivity contribution in [3.8, 4) is 11.8 Å². The maximum Gasteiger partial charge on any atom is 0.387 e. The van der Waals surface area contributed by atoms with Crippen molar-refractivity contribution in [1.29, 1.82) is 5.26 Å². The number of halogens is 2. The van der Waals surface area contributed by atoms with E-state index in [-0.39, 0.29) is 41.8 Å². The van der Waals surface area contributed by atoms with Gasteiger partial charge in [-0.05, 0) is 24.6 Å². The van der Waals surface area contributed by atoms with Gasteiger partial charge in [0.25, 0.3) is 0 Å². The second-order valence-corrected chi connectivity index (χ2v) is 3.59. The van der Waals surface area contributed by atoms with E-state index in [1.807, 2.05) is 0 Å². The molecule has 1 rings (SSSR count). The lowest BCUT2D eigenvalue weighted by molar-refractivity contribution is -0.142. The molecule has 0 unspecified atom stereocenters. The van der Waals surface area contributed by atoms with Gasteiger partial charge < -0.3 is 9.47 Å². The SMILES string of the molecule is CCOC(=O)Cc1c(C#N)ccc(OC(F)F)c1C=O. The molecule has 0 amide bonds. The first-order valence-electron chi connectivity index (χ1n) is 5.65. The molecular formula is C13H11F2NO4. The summed E-state index contributed by atoms with van der Waals surface area (Å²) in [6.45, 7) is -1.39. The summed E-state index contributed by atoms with van der Waals surface area (Å²) in [5, 5.41) is 8.95. The number of alkyl halides is 2. The summed E-state index contributed by atoms with van der Waals surface area (Å²) in [6, 6.07) is 4.08. The maximum absolute atomic E-state index is 12.2. The number of hydrogen-bond donors (Lipinski definition) is 0. The van der Waals surface area contributed by atoms with Crippen molar-refractivity contribution in [3.05, 3.63) is 28.8 Å². The molecule has 7 heteroatoms. The van der Waals surface area contributed by atoms with Gasteiger partial charge in [-0.3, -0.25) is 9.59 Å². The lowest BCUT2D eigenvalue weighted by Gasteiger charge is -2.12. The minimum absolute atomic E-state index is 0.0131. The van der Waals surface area contributed by atoms with Crippen LogP contribution in [0, 0.1) is 11.3 Å². The van der Waals surface area contributed by atoms with Gasteiger partial charge in [-0.15, -0.1) is 0 Å². The topological polar surface area (TPSA) is 76.4 Å². The van der Waals surface area contributed by atoms with Gasteiger partial charge in [0.1, 0.15) is 5.75 Å². The molecule has 0 spiro atoms. The summed E-state index contributed by atoms with van der Waals surface area (Å²) in [5.41, 5.74) is -0.210. The molecule has 1 aromatic carbocycles. The Morgan fingerprint density at radius 1 is 1.50 bits per heavy atom. The van der Waals surface area contributed by atoms with Crippen molar-refractivity contribution < 1.29 is 27.8 Å². The zero-order chi connectivity index (χ0) is 15.1. The molecule has 0 aliphatic heterocycles. The van der Waals surface area contributed by atoms with Gasteiger partial charge >= 0.3 is 12.6 Å². The van der Waals surface area contributed by atoms with Crippen molar-refractivity contribution >= 4 is 12.3 Å². The first-order valence-corrected chi connectivity index (χ1v) is 5.65. The van der Waals surface area contributed by atoms with Crippen LogP contribution >= 0.6 is 0 Å². The van der Waals surface area contributed by atoms with E-state index in [1.165, 1.54) is 6.07 Å². The highest BCUT2D eigenvalue weighted by Gasteiger charge is 2.19. The zero-order valence-electron chi connectivity index (χ0n) is 10.6. The minimum Gasteiger partial charge on any atom is -0.466 e. The van der Waals surface area contributed by atoms with Crippen LogP contribution in [0.25, 0.3) is 0 Å². The summed E-state index contributed by atoms with van der Waals surface area (Å²) in [4.78, 5) is 22.5. The molecule has 0 aliphatic rings. The molecule has 106 valence electrons. The summed E-state index contributed by atoms with van der Waals surface area (Å²) in [5.74, 6) is -1.05. The normalized spacial score (nSPS) is 9.95. The minimum atomic E-state index is -3.11. The molecule has 0 heterocycles. The largest absolute Gasteiger partial charge is 0.466 e. The maximum atomic E-state index is 12.2. The third-order valence-electron chi connectivity index (χ3n) is 2.40. The fourth-order valence-corrected chi connectivity index (χ4v) is 1.62. The fourth-order valence-electron chi connectivity index (χ4n) is 1.62. The second-order valence-electron chi connectivity index (χ2n) is 3.59. The van der Waals surface area contributed by atoms with Crippen LogP contribution in [0.2, 0.25) is 0 Å². The molecule has 0 saturated carbocycles. The van der Waals surface area contributed by atoms with Crippen LogP contribution in [0.15, 0.2) is 12.1 Å². The second kappa shape index (κ2) is 7.19. The van der Waals surface area contributed by atoms with E-state index in [2.05, 4.69) is 4.74 Å². The molecule has 0 fully saturated rings. The molecule has 0 atom stereocenters. The van der Waals surface area contributed by atoms with Gasteiger partial charge in [0, 0.05) is 0 Å². The average Bonchev–Trinajstić information content (AvgIpc) is 2.39. The number of hydrogen-bond acceptors (Lipinski definition) is 5. The van der Waals surface area contributed by atoms with Crippen molar-refractivity contribution in [2.45, 2.75) is 20.0 Å². The summed E-state index contributed by atoms with van der Waals surface area (Å²) in [6.07, 6.45) is -0.0989. The molecule has 0 bridgehead atoms. The predicted molar refractivity (Wildman–Crippen MR) is 63.5 cm³/mol. The van der Waals surface area contributed by atoms with Crippen LogP contribution in [0.3, 0.4) is 0 Å². The van der Waals surface area contributed by atoms with Crippen molar-refractivity contribution in [1.82, 2.24) is 0 Å². The van der Waals surface area contributed by atoms with Crippen LogP contribution in [-0.2, 0) is 16.0 Å². The highest BCUT2D eigenvalue weighted by Crippen LogP contribution is 2.26. The van der Waals surface area contributed by atoms with Gasteiger partial charge in [-0.25, -0.2) is 0 Å². The Bertz CT molecular complexity index is 552. The zero-order valence-corrected chi connectivity index (χ0v) is 10.6. The Morgan fingerprint density at radius 3 is 2.70 bits per heavy atom. The van der Waals surface area contributed by atoms with Gasteiger partial charge in [-0.2, -0.15) is 14.0 Å². The highest BCUT2D eigenvalue weighted by molar-refractivity contribution is 5.86. The number of benzene rings is 1. The number of ether oxygens (including phenoxy) is 2. The molecule has 0 saturated heterocycles. The van der Waals surface area contributed by atoms with E-state index in [0.717, 1.165) is 6.07 Å². The van der Waals surface area contributed by atoms with Crippen molar-refractivity contribution in [2.75, 3.05) is 6.61 Å². The van der Waals surface area contributed by atoms with E-state index in [0.29, 0.717) is 0 Å². The number of nitriles is 1. The van der Waals surface area contributed by atoms with Gasteiger partial charge in [-0.1, -0.05) is 0 Å². The predicted octanol–water partition coefficient (Wildman–Crippen LogP) is 2.08. The quantitative estimate of drug-likeness (QED) is 0.590. The van der Waals surface area contributed by atoms with E-state index >= 15 is 0 Å². The molecule has 0 radical (unpaired) electrons. The Hall–Kier alpha value is -2.49. The van der Waals surface area contributed by atoms with Gasteiger partial charge in [0.2, 0.25) is 0 Å². The van der Waals surface area contributed by atoms with E-state index < -0.39 is 12.6 Å². The molecule has 0 aromatic heterocycles. The first-order chi connectivity index (χ1) is 9.53. The standard InChI is InChI=1S/C13H11F2NO4/c1-2-19-12(18)5-9-8(6-16)3-4-11(10(9)7-17)20-13(14)15/h3-4,7,13H,2,5H2,1H3. The van der Waals surface area contributed by atoms with Gasteiger partial charge in [0.05, 0.1) is 30.2 Å². The molecule has 20 heavy (non-hydrogen) atoms. The van der Waals surface area contributed by atoms with Crippen LogP contribution in [0.4, 0.5) is 8.78 Å². The third-order valence-corrected chi connectivity index (χ3v) is 2.40. The summed E-state index contributed by atoms with van der Waals surface area (Å²) in [7, 11) is 0. The lowest BCUT2D eigenvalue weighted by Crippen LogP contribution is -2.13. The van der Waals surface area contributed by atoms with Crippen molar-refractivity contribution in [3.63, 3.8) is 0 Å². The summed E-state index contributed by atoms with van der Waals surface area (Å²) < 4.78 is 33.4. The molecule has 0 aliphatic carbocycles. The number of carbonyl (C=O) groups excluding carboxylic acids is 2. The Labute approximate surface area is 113 Å². The van der Waals surface area contributed by atoms with E-state index in [4.69, 9.17) is 10.00 Å². The molecule has 5 nitrogen and oxygen atoms in total. The first kappa shape index (κ1) is 15.6. The Balaban J connectivity index is 3.26. The molecule has 0 N–H and O–H groups in total. The van der Waals surface area contributed by atoms with Crippen LogP contribution in [0.5, 0.6) is 5.75 Å². The van der Waals surface area contributed by atoms with Gasteiger partial charge in [0.15, 0.2) is 6.29 Å². The molecular weight excluding hydrogens is 272 g/mol. The number of carbonyl (C=O) groups is 2. The number of aldehydes is 1. The average molecular weight is 283 g/mol. The monoisotopic (exact) mass is 283 g/mol.